The van der Waals surface area contributed by atoms with Crippen LogP contribution in [-0.4, -0.2) is 13.1 Å². The molecule has 1 nitrogen and oxygen atoms in total. The Kier molecular flexibility index (Phi) is 2.10. The van der Waals surface area contributed by atoms with Crippen LogP contribution in [0.15, 0.2) is 24.3 Å². The summed E-state index contributed by atoms with van der Waals surface area (Å²) in [6, 6.07) is 8.94. The van der Waals surface area contributed by atoms with Crippen LogP contribution in [0.5, 0.6) is 0 Å². The first-order chi connectivity index (χ1) is 7.30. The van der Waals surface area contributed by atoms with Gasteiger partial charge in [-0.25, -0.2) is 0 Å². The molecule has 1 heterocycles. The minimum absolute atomic E-state index is 0.467. The van der Waals surface area contributed by atoms with Gasteiger partial charge in [-0.15, -0.1) is 0 Å². The second-order valence-corrected chi connectivity index (χ2v) is 5.33. The molecule has 0 spiro atoms. The van der Waals surface area contributed by atoms with Crippen LogP contribution in [0.2, 0.25) is 0 Å². The molecule has 1 heteroatoms. The standard InChI is InChI=1S/C14H19N/c1-11-4-2-3-5-13(11)14-7-6-12(8-14)9-15-10-14/h2-5,12,15H,6-10H2,1H3. The van der Waals surface area contributed by atoms with E-state index in [2.05, 4.69) is 36.5 Å². The van der Waals surface area contributed by atoms with Gasteiger partial charge in [0.05, 0.1) is 0 Å². The summed E-state index contributed by atoms with van der Waals surface area (Å²) in [4.78, 5) is 0. The molecule has 1 aromatic rings. The minimum Gasteiger partial charge on any atom is -0.316 e. The monoisotopic (exact) mass is 201 g/mol. The Morgan fingerprint density at radius 3 is 3.07 bits per heavy atom. The van der Waals surface area contributed by atoms with Gasteiger partial charge < -0.3 is 5.32 Å². The number of hydrogen-bond donors (Lipinski definition) is 1. The van der Waals surface area contributed by atoms with E-state index in [4.69, 9.17) is 0 Å². The smallest absolute Gasteiger partial charge is 0.00836 e. The maximum Gasteiger partial charge on any atom is 0.00836 e. The molecule has 2 fully saturated rings. The fourth-order valence-corrected chi connectivity index (χ4v) is 3.60. The zero-order valence-electron chi connectivity index (χ0n) is 9.42. The summed E-state index contributed by atoms with van der Waals surface area (Å²) in [6.45, 7) is 4.69. The highest BCUT2D eigenvalue weighted by Gasteiger charge is 2.43. The Bertz CT molecular complexity index is 367. The summed E-state index contributed by atoms with van der Waals surface area (Å²) in [5.41, 5.74) is 3.54. The molecule has 15 heavy (non-hydrogen) atoms. The lowest BCUT2D eigenvalue weighted by atomic mass is 9.75. The van der Waals surface area contributed by atoms with Crippen LogP contribution in [0.4, 0.5) is 0 Å². The van der Waals surface area contributed by atoms with Crippen molar-refractivity contribution in [1.82, 2.24) is 5.32 Å². The quantitative estimate of drug-likeness (QED) is 0.736. The number of fused-ring (bicyclic) bond motifs is 2. The molecule has 1 saturated heterocycles. The first-order valence-electron chi connectivity index (χ1n) is 6.07. The largest absolute Gasteiger partial charge is 0.316 e. The lowest BCUT2D eigenvalue weighted by molar-refractivity contribution is 0.326. The van der Waals surface area contributed by atoms with Crippen molar-refractivity contribution in [3.8, 4) is 0 Å². The average Bonchev–Trinajstić information content (AvgIpc) is 2.56. The van der Waals surface area contributed by atoms with Crippen molar-refractivity contribution in [3.63, 3.8) is 0 Å². The van der Waals surface area contributed by atoms with Gasteiger partial charge in [-0.3, -0.25) is 0 Å². The number of hydrogen-bond acceptors (Lipinski definition) is 1. The lowest BCUT2D eigenvalue weighted by Gasteiger charge is -2.35. The molecule has 0 aromatic heterocycles. The van der Waals surface area contributed by atoms with Gasteiger partial charge in [0.25, 0.3) is 0 Å². The zero-order valence-corrected chi connectivity index (χ0v) is 9.42. The Morgan fingerprint density at radius 2 is 2.20 bits per heavy atom. The summed E-state index contributed by atoms with van der Waals surface area (Å²) in [7, 11) is 0. The molecular weight excluding hydrogens is 182 g/mol. The van der Waals surface area contributed by atoms with Crippen LogP contribution < -0.4 is 5.32 Å². The highest BCUT2D eigenvalue weighted by atomic mass is 14.9. The van der Waals surface area contributed by atoms with Crippen LogP contribution in [0, 0.1) is 12.8 Å². The number of benzene rings is 1. The third-order valence-electron chi connectivity index (χ3n) is 4.32. The van der Waals surface area contributed by atoms with Gasteiger partial charge in [0.2, 0.25) is 0 Å². The molecular formula is C14H19N. The fourth-order valence-electron chi connectivity index (χ4n) is 3.60. The number of aryl methyl sites for hydroxylation is 1. The molecule has 1 aliphatic heterocycles. The summed E-state index contributed by atoms with van der Waals surface area (Å²) >= 11 is 0. The molecule has 2 unspecified atom stereocenters. The van der Waals surface area contributed by atoms with Gasteiger partial charge in [-0.05, 0) is 49.8 Å². The van der Waals surface area contributed by atoms with E-state index in [-0.39, 0.29) is 0 Å². The molecule has 1 N–H and O–H groups in total. The molecule has 0 radical (unpaired) electrons. The lowest BCUT2D eigenvalue weighted by Crippen LogP contribution is -2.42. The molecule has 2 aliphatic rings. The van der Waals surface area contributed by atoms with E-state index in [1.54, 1.807) is 5.56 Å². The third-order valence-corrected chi connectivity index (χ3v) is 4.32. The average molecular weight is 201 g/mol. The predicted molar refractivity (Wildman–Crippen MR) is 63.1 cm³/mol. The Balaban J connectivity index is 2.02. The van der Waals surface area contributed by atoms with Crippen LogP contribution in [0.1, 0.15) is 30.4 Å². The van der Waals surface area contributed by atoms with Crippen LogP contribution in [0.25, 0.3) is 0 Å². The highest BCUT2D eigenvalue weighted by Crippen LogP contribution is 2.46. The maximum atomic E-state index is 3.61. The molecule has 1 aromatic carbocycles. The molecule has 2 atom stereocenters. The zero-order chi connectivity index (χ0) is 10.3. The molecule has 1 aliphatic carbocycles. The SMILES string of the molecule is Cc1ccccc1C12CCC(CNC1)C2. The first kappa shape index (κ1) is 9.41. The number of rotatable bonds is 1. The van der Waals surface area contributed by atoms with Gasteiger partial charge in [0.1, 0.15) is 0 Å². The van der Waals surface area contributed by atoms with Crippen molar-refractivity contribution < 1.29 is 0 Å². The summed E-state index contributed by atoms with van der Waals surface area (Å²) in [5.74, 6) is 0.929. The molecule has 3 rings (SSSR count). The van der Waals surface area contributed by atoms with Crippen LogP contribution >= 0.6 is 0 Å². The van der Waals surface area contributed by atoms with E-state index in [1.165, 1.54) is 37.9 Å². The van der Waals surface area contributed by atoms with Crippen molar-refractivity contribution in [3.05, 3.63) is 35.4 Å². The van der Waals surface area contributed by atoms with Crippen molar-refractivity contribution in [2.24, 2.45) is 5.92 Å². The van der Waals surface area contributed by atoms with E-state index in [9.17, 15) is 0 Å². The van der Waals surface area contributed by atoms with E-state index in [0.717, 1.165) is 5.92 Å². The third kappa shape index (κ3) is 1.41. The number of piperidine rings is 1. The van der Waals surface area contributed by atoms with Gasteiger partial charge in [0.15, 0.2) is 0 Å². The molecule has 80 valence electrons. The fraction of sp³-hybridized carbons (Fsp3) is 0.571. The Morgan fingerprint density at radius 1 is 1.33 bits per heavy atom. The van der Waals surface area contributed by atoms with E-state index >= 15 is 0 Å². The van der Waals surface area contributed by atoms with Crippen LogP contribution in [0.3, 0.4) is 0 Å². The Labute approximate surface area is 91.9 Å². The predicted octanol–water partition coefficient (Wildman–Crippen LogP) is 2.64. The molecule has 0 amide bonds. The van der Waals surface area contributed by atoms with Crippen LogP contribution in [-0.2, 0) is 5.41 Å². The van der Waals surface area contributed by atoms with Crippen molar-refractivity contribution in [1.29, 1.82) is 0 Å². The second-order valence-electron chi connectivity index (χ2n) is 5.33. The van der Waals surface area contributed by atoms with E-state index < -0.39 is 0 Å². The van der Waals surface area contributed by atoms with Gasteiger partial charge in [-0.2, -0.15) is 0 Å². The summed E-state index contributed by atoms with van der Waals surface area (Å²) < 4.78 is 0. The highest BCUT2D eigenvalue weighted by molar-refractivity contribution is 5.35. The topological polar surface area (TPSA) is 12.0 Å². The van der Waals surface area contributed by atoms with Crippen molar-refractivity contribution >= 4 is 0 Å². The second kappa shape index (κ2) is 3.34. The minimum atomic E-state index is 0.467. The normalized spacial score (nSPS) is 34.3. The summed E-state index contributed by atoms with van der Waals surface area (Å²) in [6.07, 6.45) is 4.21. The molecule has 2 bridgehead atoms. The summed E-state index contributed by atoms with van der Waals surface area (Å²) in [5, 5.41) is 3.61. The maximum absolute atomic E-state index is 3.61. The number of nitrogens with one attached hydrogen (secondary N) is 1. The Hall–Kier alpha value is -0.820. The first-order valence-corrected chi connectivity index (χ1v) is 6.07. The van der Waals surface area contributed by atoms with Gasteiger partial charge in [0, 0.05) is 12.0 Å². The molecule has 1 saturated carbocycles. The van der Waals surface area contributed by atoms with Gasteiger partial charge in [-0.1, -0.05) is 24.3 Å². The van der Waals surface area contributed by atoms with E-state index in [0.29, 0.717) is 5.41 Å². The van der Waals surface area contributed by atoms with Crippen molar-refractivity contribution in [2.45, 2.75) is 31.6 Å². The van der Waals surface area contributed by atoms with Gasteiger partial charge >= 0.3 is 0 Å². The van der Waals surface area contributed by atoms with Crippen molar-refractivity contribution in [2.75, 3.05) is 13.1 Å². The van der Waals surface area contributed by atoms with E-state index in [1.807, 2.05) is 0 Å².